The first-order valence-electron chi connectivity index (χ1n) is 7.50. The Morgan fingerprint density at radius 2 is 1.00 bits per heavy atom. The Hall–Kier alpha value is -1.63. The van der Waals surface area contributed by atoms with Gasteiger partial charge < -0.3 is 0 Å². The van der Waals surface area contributed by atoms with Crippen LogP contribution < -0.4 is 0 Å². The van der Waals surface area contributed by atoms with Crippen molar-refractivity contribution >= 4 is 0 Å². The first-order valence-corrected chi connectivity index (χ1v) is 7.50. The SMILES string of the molecule is CC.CC.Cc1ccc(C)cc1.Cc1ccnc(C)c1. The van der Waals surface area contributed by atoms with Crippen molar-refractivity contribution < 1.29 is 0 Å². The molecule has 1 aromatic heterocycles. The molecule has 0 spiro atoms. The van der Waals surface area contributed by atoms with Gasteiger partial charge in [-0.05, 0) is 45.4 Å². The molecule has 1 heteroatoms. The highest BCUT2D eigenvalue weighted by atomic mass is 14.6. The molecule has 2 rings (SSSR count). The second-order valence-electron chi connectivity index (χ2n) is 4.13. The van der Waals surface area contributed by atoms with Crippen molar-refractivity contribution in [1.29, 1.82) is 0 Å². The number of pyridine rings is 1. The van der Waals surface area contributed by atoms with Gasteiger partial charge in [0.25, 0.3) is 0 Å². The third-order valence-electron chi connectivity index (χ3n) is 2.27. The van der Waals surface area contributed by atoms with Gasteiger partial charge in [0.05, 0.1) is 0 Å². The Labute approximate surface area is 126 Å². The highest BCUT2D eigenvalue weighted by molar-refractivity contribution is 5.19. The molecule has 1 nitrogen and oxygen atoms in total. The molecular weight excluding hydrogens is 242 g/mol. The van der Waals surface area contributed by atoms with Crippen LogP contribution in [0.4, 0.5) is 0 Å². The zero-order valence-electron chi connectivity index (χ0n) is 14.5. The van der Waals surface area contributed by atoms with Gasteiger partial charge in [0.15, 0.2) is 0 Å². The minimum Gasteiger partial charge on any atom is -0.262 e. The van der Waals surface area contributed by atoms with Gasteiger partial charge >= 0.3 is 0 Å². The largest absolute Gasteiger partial charge is 0.262 e. The van der Waals surface area contributed by atoms with Crippen molar-refractivity contribution in [2.75, 3.05) is 0 Å². The third-order valence-corrected chi connectivity index (χ3v) is 2.27. The molecule has 1 heterocycles. The summed E-state index contributed by atoms with van der Waals surface area (Å²) in [5.41, 5.74) is 5.02. The first-order chi connectivity index (χ1) is 9.58. The summed E-state index contributed by atoms with van der Waals surface area (Å²) in [6.45, 7) is 16.3. The van der Waals surface area contributed by atoms with E-state index in [1.807, 2.05) is 46.9 Å². The molecule has 0 N–H and O–H groups in total. The topological polar surface area (TPSA) is 12.9 Å². The van der Waals surface area contributed by atoms with Crippen molar-refractivity contribution in [2.45, 2.75) is 55.4 Å². The van der Waals surface area contributed by atoms with E-state index in [9.17, 15) is 0 Å². The van der Waals surface area contributed by atoms with Crippen LogP contribution in [0.2, 0.25) is 0 Å². The van der Waals surface area contributed by atoms with E-state index in [2.05, 4.69) is 56.1 Å². The van der Waals surface area contributed by atoms with E-state index >= 15 is 0 Å². The molecule has 20 heavy (non-hydrogen) atoms. The lowest BCUT2D eigenvalue weighted by atomic mass is 10.2. The standard InChI is InChI=1S/C8H10.C7H9N.2C2H6/c1-7-3-5-8(2)6-4-7;1-6-3-4-8-7(2)5-6;2*1-2/h3-6H,1-2H3;3-5H,1-2H3;2*1-2H3. The van der Waals surface area contributed by atoms with E-state index in [4.69, 9.17) is 0 Å². The number of aryl methyl sites for hydroxylation is 4. The van der Waals surface area contributed by atoms with Crippen molar-refractivity contribution in [3.05, 3.63) is 65.0 Å². The van der Waals surface area contributed by atoms with Gasteiger partial charge in [0, 0.05) is 11.9 Å². The second-order valence-corrected chi connectivity index (χ2v) is 4.13. The van der Waals surface area contributed by atoms with E-state index < -0.39 is 0 Å². The van der Waals surface area contributed by atoms with Crippen molar-refractivity contribution in [3.63, 3.8) is 0 Å². The fourth-order valence-electron chi connectivity index (χ4n) is 1.32. The molecule has 112 valence electrons. The molecule has 2 aromatic rings. The van der Waals surface area contributed by atoms with Gasteiger partial charge in [0.1, 0.15) is 0 Å². The van der Waals surface area contributed by atoms with E-state index in [1.54, 1.807) is 0 Å². The van der Waals surface area contributed by atoms with Crippen LogP contribution in [-0.4, -0.2) is 4.98 Å². The van der Waals surface area contributed by atoms with Gasteiger partial charge in [-0.1, -0.05) is 63.1 Å². The van der Waals surface area contributed by atoms with Gasteiger partial charge in [-0.3, -0.25) is 4.98 Å². The van der Waals surface area contributed by atoms with Crippen LogP contribution in [0.3, 0.4) is 0 Å². The van der Waals surface area contributed by atoms with Gasteiger partial charge in [-0.15, -0.1) is 0 Å². The fourth-order valence-corrected chi connectivity index (χ4v) is 1.32. The Balaban J connectivity index is 0. The van der Waals surface area contributed by atoms with E-state index in [0.29, 0.717) is 0 Å². The zero-order valence-corrected chi connectivity index (χ0v) is 14.5. The maximum atomic E-state index is 4.04. The summed E-state index contributed by atoms with van der Waals surface area (Å²) >= 11 is 0. The molecule has 0 bridgehead atoms. The van der Waals surface area contributed by atoms with E-state index in [0.717, 1.165) is 5.69 Å². The number of hydrogen-bond donors (Lipinski definition) is 0. The predicted molar refractivity (Wildman–Crippen MR) is 92.3 cm³/mol. The molecule has 0 aliphatic carbocycles. The lowest BCUT2D eigenvalue weighted by Crippen LogP contribution is -1.78. The summed E-state index contributed by atoms with van der Waals surface area (Å²) in [7, 11) is 0. The average Bonchev–Trinajstić information content (AvgIpc) is 2.47. The van der Waals surface area contributed by atoms with Crippen LogP contribution in [0.1, 0.15) is 50.1 Å². The van der Waals surface area contributed by atoms with Crippen molar-refractivity contribution in [1.82, 2.24) is 4.98 Å². The minimum atomic E-state index is 1.09. The number of rotatable bonds is 0. The third kappa shape index (κ3) is 11.5. The maximum absolute atomic E-state index is 4.04. The summed E-state index contributed by atoms with van der Waals surface area (Å²) < 4.78 is 0. The fraction of sp³-hybridized carbons (Fsp3) is 0.421. The quantitative estimate of drug-likeness (QED) is 0.569. The molecule has 0 saturated carbocycles. The summed E-state index contributed by atoms with van der Waals surface area (Å²) in [4.78, 5) is 4.04. The van der Waals surface area contributed by atoms with E-state index in [-0.39, 0.29) is 0 Å². The summed E-state index contributed by atoms with van der Waals surface area (Å²) in [5.74, 6) is 0. The molecule has 0 unspecified atom stereocenters. The van der Waals surface area contributed by atoms with Crippen LogP contribution in [0, 0.1) is 27.7 Å². The number of benzene rings is 1. The van der Waals surface area contributed by atoms with Gasteiger partial charge in [0.2, 0.25) is 0 Å². The Morgan fingerprint density at radius 1 is 0.600 bits per heavy atom. The highest BCUT2D eigenvalue weighted by Crippen LogP contribution is 1.99. The summed E-state index contributed by atoms with van der Waals surface area (Å²) in [6, 6.07) is 12.5. The summed E-state index contributed by atoms with van der Waals surface area (Å²) in [6.07, 6.45) is 1.82. The summed E-state index contributed by atoms with van der Waals surface area (Å²) in [5, 5.41) is 0. The predicted octanol–water partition coefficient (Wildman–Crippen LogP) is 6.05. The Kier molecular flexibility index (Phi) is 14.3. The molecule has 0 aliphatic heterocycles. The normalized spacial score (nSPS) is 8.00. The molecule has 0 saturated heterocycles. The number of aromatic nitrogens is 1. The first kappa shape index (κ1) is 20.7. The van der Waals surface area contributed by atoms with Crippen LogP contribution in [0.5, 0.6) is 0 Å². The molecule has 0 aliphatic rings. The van der Waals surface area contributed by atoms with Crippen molar-refractivity contribution in [2.24, 2.45) is 0 Å². The Morgan fingerprint density at radius 3 is 1.25 bits per heavy atom. The minimum absolute atomic E-state index is 1.09. The van der Waals surface area contributed by atoms with Gasteiger partial charge in [-0.25, -0.2) is 0 Å². The second kappa shape index (κ2) is 13.8. The lowest BCUT2D eigenvalue weighted by Gasteiger charge is -1.90. The highest BCUT2D eigenvalue weighted by Gasteiger charge is 1.82. The number of hydrogen-bond acceptors (Lipinski definition) is 1. The van der Waals surface area contributed by atoms with Crippen LogP contribution in [-0.2, 0) is 0 Å². The maximum Gasteiger partial charge on any atom is 0.0375 e. The molecule has 0 amide bonds. The van der Waals surface area contributed by atoms with E-state index in [1.165, 1.54) is 16.7 Å². The molecule has 0 fully saturated rings. The Bertz CT molecular complexity index is 392. The molecular formula is C19H31N. The average molecular weight is 273 g/mol. The number of nitrogens with zero attached hydrogens (tertiary/aromatic N) is 1. The van der Waals surface area contributed by atoms with Crippen LogP contribution >= 0.6 is 0 Å². The molecule has 0 atom stereocenters. The van der Waals surface area contributed by atoms with Crippen molar-refractivity contribution in [3.8, 4) is 0 Å². The van der Waals surface area contributed by atoms with Crippen LogP contribution in [0.15, 0.2) is 42.6 Å². The zero-order chi connectivity index (χ0) is 16.0. The monoisotopic (exact) mass is 273 g/mol. The van der Waals surface area contributed by atoms with Gasteiger partial charge in [-0.2, -0.15) is 0 Å². The molecule has 1 aromatic carbocycles. The van der Waals surface area contributed by atoms with Crippen LogP contribution in [0.25, 0.3) is 0 Å². The lowest BCUT2D eigenvalue weighted by molar-refractivity contribution is 1.18. The molecule has 0 radical (unpaired) electrons. The smallest absolute Gasteiger partial charge is 0.0375 e.